The third kappa shape index (κ3) is 3.74. The van der Waals surface area contributed by atoms with Crippen LogP contribution >= 0.6 is 11.3 Å². The number of nitrogens with zero attached hydrogens (tertiary/aromatic N) is 2. The maximum absolute atomic E-state index is 13.3. The second-order valence-electron chi connectivity index (χ2n) is 6.52. The van der Waals surface area contributed by atoms with E-state index >= 15 is 0 Å². The molecule has 0 aliphatic carbocycles. The summed E-state index contributed by atoms with van der Waals surface area (Å²) in [5.74, 6) is -2.37. The quantitative estimate of drug-likeness (QED) is 0.819. The molecule has 25 heavy (non-hydrogen) atoms. The lowest BCUT2D eigenvalue weighted by atomic mass is 9.87. The standard InChI is InChI=1S/C18H16F2N2O2S/c1-18(2,3)15(23)11(9-21)17-22(4)16(24)14(25-17)8-10-5-6-12(19)13(20)7-10/h5-8H,1-4H3/b14-8-,17-11+. The van der Waals surface area contributed by atoms with E-state index in [0.717, 1.165) is 23.5 Å². The van der Waals surface area contributed by atoms with Gasteiger partial charge in [0.1, 0.15) is 16.3 Å². The third-order valence-corrected chi connectivity index (χ3v) is 4.69. The van der Waals surface area contributed by atoms with Gasteiger partial charge in [-0.1, -0.05) is 26.8 Å². The number of aromatic nitrogens is 1. The fraction of sp³-hybridized carbons (Fsp3) is 0.278. The lowest BCUT2D eigenvalue weighted by molar-refractivity contribution is -0.120. The van der Waals surface area contributed by atoms with E-state index in [1.165, 1.54) is 23.8 Å². The second kappa shape index (κ2) is 6.73. The highest BCUT2D eigenvalue weighted by Gasteiger charge is 2.26. The molecule has 0 saturated heterocycles. The number of Topliss-reactive ketones (excluding diaryl/α,β-unsaturated/α-hetero) is 1. The molecule has 0 fully saturated rings. The number of carbonyl (C=O) groups excluding carboxylic acids is 1. The molecule has 1 heterocycles. The fourth-order valence-corrected chi connectivity index (χ4v) is 3.20. The van der Waals surface area contributed by atoms with Gasteiger partial charge in [-0.05, 0) is 23.8 Å². The first-order valence-corrected chi connectivity index (χ1v) is 8.19. The van der Waals surface area contributed by atoms with Gasteiger partial charge in [-0.2, -0.15) is 5.26 Å². The van der Waals surface area contributed by atoms with E-state index in [4.69, 9.17) is 0 Å². The molecule has 0 spiro atoms. The molecule has 0 N–H and O–H groups in total. The third-order valence-electron chi connectivity index (χ3n) is 3.50. The Morgan fingerprint density at radius 3 is 2.44 bits per heavy atom. The van der Waals surface area contributed by atoms with E-state index < -0.39 is 22.6 Å². The van der Waals surface area contributed by atoms with Gasteiger partial charge >= 0.3 is 0 Å². The Labute approximate surface area is 147 Å². The molecule has 0 aliphatic heterocycles. The first-order valence-electron chi connectivity index (χ1n) is 7.38. The van der Waals surface area contributed by atoms with Gasteiger partial charge in [-0.15, -0.1) is 11.3 Å². The van der Waals surface area contributed by atoms with Crippen molar-refractivity contribution in [1.82, 2.24) is 4.57 Å². The van der Waals surface area contributed by atoms with Gasteiger partial charge < -0.3 is 4.57 Å². The Bertz CT molecular complexity index is 1070. The number of hydrogen-bond acceptors (Lipinski definition) is 4. The number of hydrogen-bond donors (Lipinski definition) is 0. The van der Waals surface area contributed by atoms with Crippen molar-refractivity contribution in [3.8, 4) is 6.07 Å². The summed E-state index contributed by atoms with van der Waals surface area (Å²) in [5, 5.41) is 9.38. The SMILES string of the molecule is Cn1c(=O)/c(=C/c2ccc(F)c(F)c2)s/c1=C(\C#N)C(=O)C(C)(C)C. The Kier molecular flexibility index (Phi) is 5.04. The maximum Gasteiger partial charge on any atom is 0.268 e. The van der Waals surface area contributed by atoms with Crippen LogP contribution in [0.2, 0.25) is 0 Å². The van der Waals surface area contributed by atoms with Crippen LogP contribution in [0.5, 0.6) is 0 Å². The van der Waals surface area contributed by atoms with Crippen LogP contribution in [-0.2, 0) is 11.8 Å². The number of ketones is 1. The van der Waals surface area contributed by atoms with Crippen molar-refractivity contribution in [3.05, 3.63) is 54.9 Å². The zero-order valence-corrected chi connectivity index (χ0v) is 15.0. The van der Waals surface area contributed by atoms with E-state index in [9.17, 15) is 23.6 Å². The first-order chi connectivity index (χ1) is 11.6. The van der Waals surface area contributed by atoms with Crippen LogP contribution < -0.4 is 14.8 Å². The summed E-state index contributed by atoms with van der Waals surface area (Å²) in [6.45, 7) is 5.06. The summed E-state index contributed by atoms with van der Waals surface area (Å²) in [5.41, 5.74) is -0.971. The predicted octanol–water partition coefficient (Wildman–Crippen LogP) is 1.84. The molecule has 7 heteroatoms. The molecule has 2 aromatic rings. The number of benzene rings is 1. The zero-order valence-electron chi connectivity index (χ0n) is 14.2. The highest BCUT2D eigenvalue weighted by atomic mass is 32.1. The number of nitriles is 1. The smallest absolute Gasteiger partial charge is 0.268 e. The normalized spacial score (nSPS) is 13.6. The van der Waals surface area contributed by atoms with Crippen LogP contribution in [0.1, 0.15) is 26.3 Å². The monoisotopic (exact) mass is 362 g/mol. The second-order valence-corrected chi connectivity index (χ2v) is 7.55. The predicted molar refractivity (Wildman–Crippen MR) is 92.2 cm³/mol. The van der Waals surface area contributed by atoms with Crippen LogP contribution in [0.15, 0.2) is 23.0 Å². The van der Waals surface area contributed by atoms with Crippen molar-refractivity contribution in [2.75, 3.05) is 0 Å². The van der Waals surface area contributed by atoms with Crippen molar-refractivity contribution in [2.45, 2.75) is 20.8 Å². The van der Waals surface area contributed by atoms with E-state index in [1.54, 1.807) is 20.8 Å². The molecule has 0 unspecified atom stereocenters. The van der Waals surface area contributed by atoms with E-state index in [2.05, 4.69) is 0 Å². The fourth-order valence-electron chi connectivity index (χ4n) is 2.11. The van der Waals surface area contributed by atoms with Gasteiger partial charge in [0.05, 0.1) is 4.53 Å². The van der Waals surface area contributed by atoms with Gasteiger partial charge in [-0.3, -0.25) is 9.59 Å². The highest BCUT2D eigenvalue weighted by molar-refractivity contribution is 7.07. The molecule has 130 valence electrons. The first kappa shape index (κ1) is 18.7. The Morgan fingerprint density at radius 1 is 1.28 bits per heavy atom. The highest BCUT2D eigenvalue weighted by Crippen LogP contribution is 2.19. The number of thiazole rings is 1. The summed E-state index contributed by atoms with van der Waals surface area (Å²) in [6.07, 6.45) is 1.40. The molecule has 0 saturated carbocycles. The number of carbonyl (C=O) groups is 1. The molecule has 0 amide bonds. The molecule has 1 aromatic heterocycles. The Balaban J connectivity index is 2.76. The van der Waals surface area contributed by atoms with Crippen molar-refractivity contribution in [3.63, 3.8) is 0 Å². The van der Waals surface area contributed by atoms with Crippen molar-refractivity contribution in [1.29, 1.82) is 5.26 Å². The van der Waals surface area contributed by atoms with Crippen LogP contribution in [-0.4, -0.2) is 10.4 Å². The van der Waals surface area contributed by atoms with E-state index in [-0.39, 0.29) is 20.6 Å². The Morgan fingerprint density at radius 2 is 1.92 bits per heavy atom. The topological polar surface area (TPSA) is 62.9 Å². The van der Waals surface area contributed by atoms with Gasteiger partial charge in [0.2, 0.25) is 0 Å². The van der Waals surface area contributed by atoms with E-state index in [1.807, 2.05) is 6.07 Å². The van der Waals surface area contributed by atoms with Crippen LogP contribution in [0, 0.1) is 28.4 Å². The van der Waals surface area contributed by atoms with Gasteiger partial charge in [-0.25, -0.2) is 8.78 Å². The van der Waals surface area contributed by atoms with E-state index in [0.29, 0.717) is 5.56 Å². The summed E-state index contributed by atoms with van der Waals surface area (Å²) in [4.78, 5) is 24.8. The van der Waals surface area contributed by atoms with Crippen LogP contribution in [0.4, 0.5) is 8.78 Å². The minimum Gasteiger partial charge on any atom is -0.301 e. The van der Waals surface area contributed by atoms with Gasteiger partial charge in [0, 0.05) is 12.5 Å². The maximum atomic E-state index is 13.3. The van der Waals surface area contributed by atoms with Gasteiger partial charge in [0.15, 0.2) is 17.4 Å². The molecule has 1 aromatic carbocycles. The summed E-state index contributed by atoms with van der Waals surface area (Å²) in [6, 6.07) is 5.16. The largest absolute Gasteiger partial charge is 0.301 e. The molecule has 0 bridgehead atoms. The van der Waals surface area contributed by atoms with Crippen molar-refractivity contribution < 1.29 is 13.6 Å². The average Bonchev–Trinajstić information content (AvgIpc) is 2.79. The summed E-state index contributed by atoms with van der Waals surface area (Å²) >= 11 is 0.966. The lowest BCUT2D eigenvalue weighted by Crippen LogP contribution is -2.32. The average molecular weight is 362 g/mol. The molecule has 0 atom stereocenters. The molecule has 2 rings (SSSR count). The van der Waals surface area contributed by atoms with Crippen LogP contribution in [0.25, 0.3) is 11.6 Å². The molecular formula is C18H16F2N2O2S. The van der Waals surface area contributed by atoms with Crippen molar-refractivity contribution >= 4 is 28.8 Å². The molecule has 4 nitrogen and oxygen atoms in total. The summed E-state index contributed by atoms with van der Waals surface area (Å²) < 4.78 is 28.0. The molecule has 0 aliphatic rings. The van der Waals surface area contributed by atoms with Crippen LogP contribution in [0.3, 0.4) is 0 Å². The number of halogens is 2. The van der Waals surface area contributed by atoms with Gasteiger partial charge in [0.25, 0.3) is 5.56 Å². The molecule has 0 radical (unpaired) electrons. The Hall–Kier alpha value is -2.59. The minimum atomic E-state index is -1.02. The minimum absolute atomic E-state index is 0.0953. The summed E-state index contributed by atoms with van der Waals surface area (Å²) in [7, 11) is 1.46. The number of rotatable bonds is 2. The van der Waals surface area contributed by atoms with Crippen molar-refractivity contribution in [2.24, 2.45) is 12.5 Å². The lowest BCUT2D eigenvalue weighted by Gasteiger charge is -2.15. The zero-order chi connectivity index (χ0) is 18.9. The molecular weight excluding hydrogens is 346 g/mol.